The zero-order chi connectivity index (χ0) is 14.7. The zero-order valence-corrected chi connectivity index (χ0v) is 13.7. The summed E-state index contributed by atoms with van der Waals surface area (Å²) in [6, 6.07) is 6.21. The first kappa shape index (κ1) is 14.0. The summed E-state index contributed by atoms with van der Waals surface area (Å²) in [6.45, 7) is 8.58. The minimum Gasteiger partial charge on any atom is -0.467 e. The highest BCUT2D eigenvalue weighted by molar-refractivity contribution is 7.80. The number of nitrogens with one attached hydrogen (secondary N) is 1. The number of benzene rings is 1. The Kier molecular flexibility index (Phi) is 3.14. The summed E-state index contributed by atoms with van der Waals surface area (Å²) >= 11 is 11.7. The van der Waals surface area contributed by atoms with Gasteiger partial charge in [-0.25, -0.2) is 0 Å². The number of thiocarbonyl (C=S) groups is 1. The topological polar surface area (TPSA) is 24.5 Å². The number of fused-ring (bicyclic) bond motifs is 4. The highest BCUT2D eigenvalue weighted by Crippen LogP contribution is 2.48. The van der Waals surface area contributed by atoms with Crippen molar-refractivity contribution < 1.29 is 4.74 Å². The van der Waals surface area contributed by atoms with Gasteiger partial charge in [-0.3, -0.25) is 0 Å². The Bertz CT molecular complexity index is 577. The van der Waals surface area contributed by atoms with E-state index in [4.69, 9.17) is 28.6 Å². The molecule has 0 amide bonds. The molecular formula is C15H19ClN2OS. The van der Waals surface area contributed by atoms with Crippen LogP contribution in [-0.4, -0.2) is 21.8 Å². The second-order valence-corrected chi connectivity index (χ2v) is 6.84. The van der Waals surface area contributed by atoms with Crippen LogP contribution in [0.25, 0.3) is 0 Å². The molecule has 5 heteroatoms. The molecule has 2 aliphatic rings. The molecule has 108 valence electrons. The van der Waals surface area contributed by atoms with E-state index in [9.17, 15) is 0 Å². The molecule has 0 spiro atoms. The molecule has 1 saturated heterocycles. The fourth-order valence-electron chi connectivity index (χ4n) is 3.37. The highest BCUT2D eigenvalue weighted by Gasteiger charge is 2.53. The Morgan fingerprint density at radius 3 is 2.80 bits per heavy atom. The van der Waals surface area contributed by atoms with Crippen molar-refractivity contribution in [2.75, 3.05) is 0 Å². The van der Waals surface area contributed by atoms with Crippen LogP contribution >= 0.6 is 23.8 Å². The lowest BCUT2D eigenvalue weighted by Gasteiger charge is -2.57. The van der Waals surface area contributed by atoms with Crippen molar-refractivity contribution >= 4 is 28.9 Å². The first-order valence-corrected chi connectivity index (χ1v) is 7.71. The van der Waals surface area contributed by atoms with Gasteiger partial charge in [0.1, 0.15) is 5.75 Å². The van der Waals surface area contributed by atoms with Gasteiger partial charge in [-0.2, -0.15) is 0 Å². The number of hydrogen-bond donors (Lipinski definition) is 1. The maximum Gasteiger partial charge on any atom is 0.187 e. The SMILES string of the molecule is CC(C)N1C(=S)NC2c3cc(Cl)ccc3OC1(C)C2C. The normalized spacial score (nSPS) is 31.7. The van der Waals surface area contributed by atoms with Gasteiger partial charge in [-0.05, 0) is 51.2 Å². The number of halogens is 1. The first-order chi connectivity index (χ1) is 9.34. The predicted molar refractivity (Wildman–Crippen MR) is 85.1 cm³/mol. The second kappa shape index (κ2) is 4.50. The van der Waals surface area contributed by atoms with Crippen molar-refractivity contribution in [3.63, 3.8) is 0 Å². The van der Waals surface area contributed by atoms with Gasteiger partial charge in [-0.1, -0.05) is 18.5 Å². The van der Waals surface area contributed by atoms with E-state index < -0.39 is 5.72 Å². The maximum absolute atomic E-state index is 6.34. The largest absolute Gasteiger partial charge is 0.467 e. The van der Waals surface area contributed by atoms with Gasteiger partial charge in [0.05, 0.1) is 6.04 Å². The van der Waals surface area contributed by atoms with Gasteiger partial charge in [0.25, 0.3) is 0 Å². The molecule has 3 atom stereocenters. The van der Waals surface area contributed by atoms with Crippen LogP contribution < -0.4 is 10.1 Å². The molecule has 1 fully saturated rings. The Balaban J connectivity index is 2.14. The van der Waals surface area contributed by atoms with Crippen LogP contribution in [0.3, 0.4) is 0 Å². The highest BCUT2D eigenvalue weighted by atomic mass is 35.5. The zero-order valence-electron chi connectivity index (χ0n) is 12.1. The van der Waals surface area contributed by atoms with E-state index in [2.05, 4.69) is 37.9 Å². The van der Waals surface area contributed by atoms with Crippen molar-refractivity contribution in [2.45, 2.75) is 45.5 Å². The summed E-state index contributed by atoms with van der Waals surface area (Å²) in [6.07, 6.45) is 0. The third-order valence-electron chi connectivity index (χ3n) is 4.46. The van der Waals surface area contributed by atoms with Crippen molar-refractivity contribution in [3.8, 4) is 5.75 Å². The third-order valence-corrected chi connectivity index (χ3v) is 5.01. The monoisotopic (exact) mass is 310 g/mol. The van der Waals surface area contributed by atoms with E-state index in [1.165, 1.54) is 0 Å². The standard InChI is InChI=1S/C15H19ClN2OS/c1-8(2)18-14(20)17-13-9(3)15(18,4)19-12-6-5-10(16)7-11(12)13/h5-9,13H,1-4H3,(H,17,20). The molecule has 20 heavy (non-hydrogen) atoms. The molecule has 0 aliphatic carbocycles. The molecule has 0 radical (unpaired) electrons. The summed E-state index contributed by atoms with van der Waals surface area (Å²) < 4.78 is 6.34. The van der Waals surface area contributed by atoms with Crippen LogP contribution in [0.5, 0.6) is 5.75 Å². The van der Waals surface area contributed by atoms with Crippen LogP contribution in [0.15, 0.2) is 18.2 Å². The van der Waals surface area contributed by atoms with Gasteiger partial charge in [-0.15, -0.1) is 0 Å². The molecule has 3 rings (SSSR count). The summed E-state index contributed by atoms with van der Waals surface area (Å²) in [5.41, 5.74) is 0.662. The average molecular weight is 311 g/mol. The Hall–Kier alpha value is -1.00. The van der Waals surface area contributed by atoms with Crippen LogP contribution in [0.1, 0.15) is 39.3 Å². The van der Waals surface area contributed by atoms with Gasteiger partial charge < -0.3 is 15.0 Å². The predicted octanol–water partition coefficient (Wildman–Crippen LogP) is 3.72. The summed E-state index contributed by atoms with van der Waals surface area (Å²) in [5.74, 6) is 1.16. The number of rotatable bonds is 1. The van der Waals surface area contributed by atoms with E-state index in [0.29, 0.717) is 0 Å². The Morgan fingerprint density at radius 2 is 2.15 bits per heavy atom. The fourth-order valence-corrected chi connectivity index (χ4v) is 4.07. The summed E-state index contributed by atoms with van der Waals surface area (Å²) in [4.78, 5) is 2.15. The quantitative estimate of drug-likeness (QED) is 0.799. The molecule has 0 aromatic heterocycles. The molecule has 1 aromatic rings. The molecule has 0 saturated carbocycles. The molecular weight excluding hydrogens is 292 g/mol. The van der Waals surface area contributed by atoms with Crippen LogP contribution in [0, 0.1) is 5.92 Å². The minimum absolute atomic E-state index is 0.143. The van der Waals surface area contributed by atoms with Crippen molar-refractivity contribution in [1.82, 2.24) is 10.2 Å². The van der Waals surface area contributed by atoms with E-state index in [1.54, 1.807) is 0 Å². The first-order valence-electron chi connectivity index (χ1n) is 6.93. The third kappa shape index (κ3) is 1.81. The van der Waals surface area contributed by atoms with Gasteiger partial charge >= 0.3 is 0 Å². The second-order valence-electron chi connectivity index (χ2n) is 6.02. The van der Waals surface area contributed by atoms with Crippen LogP contribution in [-0.2, 0) is 0 Å². The van der Waals surface area contributed by atoms with Gasteiger partial charge in [0, 0.05) is 22.5 Å². The molecule has 2 aliphatic heterocycles. The molecule has 3 nitrogen and oxygen atoms in total. The van der Waals surface area contributed by atoms with E-state index in [-0.39, 0.29) is 18.0 Å². The van der Waals surface area contributed by atoms with Gasteiger partial charge in [0.15, 0.2) is 10.8 Å². The van der Waals surface area contributed by atoms with E-state index >= 15 is 0 Å². The number of nitrogens with zero attached hydrogens (tertiary/aromatic N) is 1. The minimum atomic E-state index is -0.429. The molecule has 2 bridgehead atoms. The smallest absolute Gasteiger partial charge is 0.187 e. The lowest BCUT2D eigenvalue weighted by atomic mass is 9.80. The van der Waals surface area contributed by atoms with Crippen molar-refractivity contribution in [3.05, 3.63) is 28.8 Å². The average Bonchev–Trinajstić information content (AvgIpc) is 2.34. The molecule has 2 heterocycles. The molecule has 3 unspecified atom stereocenters. The van der Waals surface area contributed by atoms with Gasteiger partial charge in [0.2, 0.25) is 0 Å². The number of ether oxygens (including phenoxy) is 1. The van der Waals surface area contributed by atoms with Crippen molar-refractivity contribution in [2.24, 2.45) is 5.92 Å². The molecule has 1 aromatic carbocycles. The Morgan fingerprint density at radius 1 is 1.45 bits per heavy atom. The fraction of sp³-hybridized carbons (Fsp3) is 0.533. The number of hydrogen-bond acceptors (Lipinski definition) is 2. The van der Waals surface area contributed by atoms with E-state index in [1.807, 2.05) is 18.2 Å². The van der Waals surface area contributed by atoms with Crippen molar-refractivity contribution in [1.29, 1.82) is 0 Å². The maximum atomic E-state index is 6.34. The lowest BCUT2D eigenvalue weighted by molar-refractivity contribution is -0.121. The van der Waals surface area contributed by atoms with E-state index in [0.717, 1.165) is 21.4 Å². The Labute approximate surface area is 130 Å². The molecule has 1 N–H and O–H groups in total. The summed E-state index contributed by atoms with van der Waals surface area (Å²) in [5, 5.41) is 4.93. The lowest BCUT2D eigenvalue weighted by Crippen LogP contribution is -2.70. The van der Waals surface area contributed by atoms with Crippen LogP contribution in [0.4, 0.5) is 0 Å². The summed E-state index contributed by atoms with van der Waals surface area (Å²) in [7, 11) is 0. The van der Waals surface area contributed by atoms with Crippen LogP contribution in [0.2, 0.25) is 5.02 Å².